The second-order valence-electron chi connectivity index (χ2n) is 9.53. The molecule has 4 rings (SSSR count). The molecule has 1 aliphatic carbocycles. The summed E-state index contributed by atoms with van der Waals surface area (Å²) < 4.78 is 5.83. The van der Waals surface area contributed by atoms with Gasteiger partial charge in [-0.15, -0.1) is 0 Å². The number of amides is 1. The molecule has 174 valence electrons. The quantitative estimate of drug-likeness (QED) is 0.521. The Kier molecular flexibility index (Phi) is 6.94. The summed E-state index contributed by atoms with van der Waals surface area (Å²) in [5.41, 5.74) is 3.05. The van der Waals surface area contributed by atoms with E-state index >= 15 is 0 Å². The molecule has 3 aromatic rings. The predicted molar refractivity (Wildman–Crippen MR) is 130 cm³/mol. The van der Waals surface area contributed by atoms with Crippen molar-refractivity contribution in [2.24, 2.45) is 5.92 Å². The van der Waals surface area contributed by atoms with Crippen molar-refractivity contribution < 1.29 is 14.0 Å². The summed E-state index contributed by atoms with van der Waals surface area (Å²) in [6, 6.07) is 15.4. The summed E-state index contributed by atoms with van der Waals surface area (Å²) in [5.74, 6) is 1.16. The minimum Gasteiger partial charge on any atom is -0.436 e. The van der Waals surface area contributed by atoms with E-state index < -0.39 is 0 Å². The maximum Gasteiger partial charge on any atom is 0.253 e. The van der Waals surface area contributed by atoms with Crippen LogP contribution >= 0.6 is 0 Å². The van der Waals surface area contributed by atoms with Crippen LogP contribution < -0.4 is 5.32 Å². The van der Waals surface area contributed by atoms with E-state index in [0.717, 1.165) is 35.9 Å². The molecule has 0 bridgehead atoms. The molecule has 6 nitrogen and oxygen atoms in total. The van der Waals surface area contributed by atoms with Crippen LogP contribution in [-0.4, -0.2) is 46.7 Å². The van der Waals surface area contributed by atoms with Gasteiger partial charge in [0, 0.05) is 36.7 Å². The minimum atomic E-state index is -0.122. The Hall–Kier alpha value is -2.99. The van der Waals surface area contributed by atoms with Crippen molar-refractivity contribution in [3.8, 4) is 11.5 Å². The lowest BCUT2D eigenvalue weighted by molar-refractivity contribution is -0.121. The van der Waals surface area contributed by atoms with Crippen molar-refractivity contribution in [3.63, 3.8) is 0 Å². The van der Waals surface area contributed by atoms with Gasteiger partial charge in [-0.05, 0) is 68.5 Å². The van der Waals surface area contributed by atoms with Crippen molar-refractivity contribution in [3.05, 3.63) is 54.1 Å². The third-order valence-corrected chi connectivity index (χ3v) is 6.61. The monoisotopic (exact) mass is 447 g/mol. The zero-order valence-corrected chi connectivity index (χ0v) is 19.9. The summed E-state index contributed by atoms with van der Waals surface area (Å²) in [7, 11) is 1.87. The third-order valence-electron chi connectivity index (χ3n) is 6.61. The number of carbonyl (C=O) groups excluding carboxylic acids is 2. The first kappa shape index (κ1) is 23.2. The average molecular weight is 448 g/mol. The van der Waals surface area contributed by atoms with Crippen LogP contribution in [0.2, 0.25) is 0 Å². The predicted octanol–water partition coefficient (Wildman–Crippen LogP) is 5.08. The lowest BCUT2D eigenvalue weighted by atomic mass is 9.97. The van der Waals surface area contributed by atoms with Crippen LogP contribution in [0.25, 0.3) is 22.6 Å². The number of Topliss-reactive ketones (excluding diaryl/α,β-unsaturated/α-hetero) is 1. The zero-order chi connectivity index (χ0) is 23.5. The average Bonchev–Trinajstić information content (AvgIpc) is 3.45. The number of nitrogens with zero attached hydrogens (tertiary/aromatic N) is 2. The standard InChI is InChI=1S/C27H33N3O3/c1-17(2)28-18(3)24(31)16-19-9-14-22(15-19)30(4)27(32)21-12-10-20(11-13-21)26-29-23-7-5-6-8-25(23)33-26/h5-8,10-13,17-19,22,28H,9,14-16H2,1-4H3/t18-,19+,22?/m1/s1. The van der Waals surface area contributed by atoms with Crippen molar-refractivity contribution in [2.75, 3.05) is 7.05 Å². The van der Waals surface area contributed by atoms with Gasteiger partial charge >= 0.3 is 0 Å². The Morgan fingerprint density at radius 1 is 1.09 bits per heavy atom. The molecule has 0 saturated heterocycles. The summed E-state index contributed by atoms with van der Waals surface area (Å²) >= 11 is 0. The molecule has 1 N–H and O–H groups in total. The Morgan fingerprint density at radius 3 is 2.52 bits per heavy atom. The van der Waals surface area contributed by atoms with Crippen LogP contribution in [0.4, 0.5) is 0 Å². The molecule has 0 aliphatic heterocycles. The van der Waals surface area contributed by atoms with Crippen molar-refractivity contribution in [2.45, 2.75) is 64.6 Å². The number of rotatable bonds is 8. The van der Waals surface area contributed by atoms with E-state index in [1.54, 1.807) is 0 Å². The molecule has 33 heavy (non-hydrogen) atoms. The Bertz CT molecular complexity index is 1090. The number of benzene rings is 2. The number of para-hydroxylation sites is 2. The van der Waals surface area contributed by atoms with Crippen molar-refractivity contribution >= 4 is 22.8 Å². The Labute approximate surface area is 195 Å². The molecule has 0 spiro atoms. The SMILES string of the molecule is CC(C)N[C@H](C)C(=O)C[C@H]1CCC(N(C)C(=O)c2ccc(-c3nc4ccccc4o3)cc2)C1. The lowest BCUT2D eigenvalue weighted by Crippen LogP contribution is -2.39. The van der Waals surface area contributed by atoms with Gasteiger partial charge < -0.3 is 14.6 Å². The van der Waals surface area contributed by atoms with Gasteiger partial charge in [0.1, 0.15) is 11.3 Å². The van der Waals surface area contributed by atoms with Gasteiger partial charge in [-0.25, -0.2) is 4.98 Å². The molecule has 2 aromatic carbocycles. The van der Waals surface area contributed by atoms with Crippen LogP contribution in [0.1, 0.15) is 56.8 Å². The topological polar surface area (TPSA) is 75.4 Å². The molecule has 1 unspecified atom stereocenters. The molecule has 1 heterocycles. The number of carbonyl (C=O) groups is 2. The van der Waals surface area contributed by atoms with Crippen LogP contribution in [0, 0.1) is 5.92 Å². The summed E-state index contributed by atoms with van der Waals surface area (Å²) in [6.07, 6.45) is 3.38. The molecule has 1 fully saturated rings. The minimum absolute atomic E-state index is 0.00549. The van der Waals surface area contributed by atoms with Gasteiger partial charge in [0.15, 0.2) is 5.58 Å². The summed E-state index contributed by atoms with van der Waals surface area (Å²) in [4.78, 5) is 32.0. The molecular formula is C27H33N3O3. The fourth-order valence-corrected chi connectivity index (χ4v) is 4.76. The van der Waals surface area contributed by atoms with Crippen LogP contribution in [-0.2, 0) is 4.79 Å². The van der Waals surface area contributed by atoms with Crippen molar-refractivity contribution in [1.82, 2.24) is 15.2 Å². The first-order chi connectivity index (χ1) is 15.8. The van der Waals surface area contributed by atoms with E-state index in [1.807, 2.05) is 67.4 Å². The molecular weight excluding hydrogens is 414 g/mol. The highest BCUT2D eigenvalue weighted by molar-refractivity contribution is 5.94. The second kappa shape index (κ2) is 9.87. The highest BCUT2D eigenvalue weighted by Gasteiger charge is 2.32. The van der Waals surface area contributed by atoms with E-state index in [9.17, 15) is 9.59 Å². The number of aromatic nitrogens is 1. The molecule has 1 saturated carbocycles. The largest absolute Gasteiger partial charge is 0.436 e. The Balaban J connectivity index is 1.35. The second-order valence-corrected chi connectivity index (χ2v) is 9.53. The van der Waals surface area contributed by atoms with E-state index in [0.29, 0.717) is 23.8 Å². The highest BCUT2D eigenvalue weighted by atomic mass is 16.3. The molecule has 1 amide bonds. The lowest BCUT2D eigenvalue weighted by Gasteiger charge is -2.25. The fraction of sp³-hybridized carbons (Fsp3) is 0.444. The maximum absolute atomic E-state index is 13.1. The van der Waals surface area contributed by atoms with E-state index in [2.05, 4.69) is 24.1 Å². The zero-order valence-electron chi connectivity index (χ0n) is 19.9. The summed E-state index contributed by atoms with van der Waals surface area (Å²) in [5, 5.41) is 3.29. The molecule has 6 heteroatoms. The number of hydrogen-bond donors (Lipinski definition) is 1. The van der Waals surface area contributed by atoms with Crippen LogP contribution in [0.15, 0.2) is 52.9 Å². The Morgan fingerprint density at radius 2 is 1.82 bits per heavy atom. The number of nitrogens with one attached hydrogen (secondary N) is 1. The van der Waals surface area contributed by atoms with Gasteiger partial charge in [0.2, 0.25) is 5.89 Å². The molecule has 1 aliphatic rings. The molecule has 1 aromatic heterocycles. The fourth-order valence-electron chi connectivity index (χ4n) is 4.76. The van der Waals surface area contributed by atoms with Gasteiger partial charge in [-0.3, -0.25) is 9.59 Å². The normalized spacial score (nSPS) is 19.2. The number of fused-ring (bicyclic) bond motifs is 1. The first-order valence-corrected chi connectivity index (χ1v) is 11.8. The van der Waals surface area contributed by atoms with Gasteiger partial charge in [-0.1, -0.05) is 26.0 Å². The van der Waals surface area contributed by atoms with Crippen LogP contribution in [0.5, 0.6) is 0 Å². The number of oxazole rings is 1. The van der Waals surface area contributed by atoms with Crippen molar-refractivity contribution in [1.29, 1.82) is 0 Å². The third kappa shape index (κ3) is 5.33. The van der Waals surface area contributed by atoms with E-state index in [1.165, 1.54) is 0 Å². The van der Waals surface area contributed by atoms with Gasteiger partial charge in [-0.2, -0.15) is 0 Å². The first-order valence-electron chi connectivity index (χ1n) is 11.8. The maximum atomic E-state index is 13.1. The highest BCUT2D eigenvalue weighted by Crippen LogP contribution is 2.32. The van der Waals surface area contributed by atoms with Gasteiger partial charge in [0.05, 0.1) is 6.04 Å². The molecule has 3 atom stereocenters. The molecule has 0 radical (unpaired) electrons. The van der Waals surface area contributed by atoms with E-state index in [4.69, 9.17) is 4.42 Å². The summed E-state index contributed by atoms with van der Waals surface area (Å²) in [6.45, 7) is 6.04. The van der Waals surface area contributed by atoms with E-state index in [-0.39, 0.29) is 29.8 Å². The number of hydrogen-bond acceptors (Lipinski definition) is 5. The number of ketones is 1. The smallest absolute Gasteiger partial charge is 0.253 e. The van der Waals surface area contributed by atoms with Gasteiger partial charge in [0.25, 0.3) is 5.91 Å². The van der Waals surface area contributed by atoms with Crippen LogP contribution in [0.3, 0.4) is 0 Å².